The first kappa shape index (κ1) is 18.1. The van der Waals surface area contributed by atoms with E-state index < -0.39 is 29.4 Å². The quantitative estimate of drug-likeness (QED) is 0.849. The van der Waals surface area contributed by atoms with Crippen molar-refractivity contribution in [3.63, 3.8) is 0 Å². The molecule has 1 N–H and O–H groups in total. The predicted molar refractivity (Wildman–Crippen MR) is 72.7 cm³/mol. The number of hydrogen-bond acceptors (Lipinski definition) is 4. The van der Waals surface area contributed by atoms with Crippen molar-refractivity contribution in [2.75, 3.05) is 12.4 Å². The highest BCUT2D eigenvalue weighted by Gasteiger charge is 2.34. The molecule has 1 rings (SSSR count). The summed E-state index contributed by atoms with van der Waals surface area (Å²) in [5.74, 6) is -0.821. The van der Waals surface area contributed by atoms with Gasteiger partial charge in [-0.1, -0.05) is 11.6 Å². The van der Waals surface area contributed by atoms with Crippen molar-refractivity contribution in [1.82, 2.24) is 0 Å². The maximum Gasteiger partial charge on any atom is 0.416 e. The summed E-state index contributed by atoms with van der Waals surface area (Å²) >= 11 is 5.72. The zero-order valence-corrected chi connectivity index (χ0v) is 12.6. The van der Waals surface area contributed by atoms with Gasteiger partial charge < -0.3 is 9.47 Å². The smallest absolute Gasteiger partial charge is 0.416 e. The number of methoxy groups -OCH3 is 1. The maximum atomic E-state index is 12.6. The van der Waals surface area contributed by atoms with E-state index in [9.17, 15) is 22.8 Å². The van der Waals surface area contributed by atoms with Crippen LogP contribution < -0.4 is 5.32 Å². The Balaban J connectivity index is 2.91. The Morgan fingerprint density at radius 2 is 1.82 bits per heavy atom. The van der Waals surface area contributed by atoms with Gasteiger partial charge in [0.15, 0.2) is 0 Å². The van der Waals surface area contributed by atoms with Gasteiger partial charge in [-0.2, -0.15) is 13.2 Å². The van der Waals surface area contributed by atoms with Crippen molar-refractivity contribution >= 4 is 29.4 Å². The fourth-order valence-corrected chi connectivity index (χ4v) is 1.62. The molecule has 22 heavy (non-hydrogen) atoms. The minimum absolute atomic E-state index is 0.110. The molecule has 0 aliphatic carbocycles. The van der Waals surface area contributed by atoms with Crippen molar-refractivity contribution in [2.24, 2.45) is 0 Å². The van der Waals surface area contributed by atoms with Crippen LogP contribution in [0.4, 0.5) is 23.7 Å². The number of alkyl halides is 3. The number of anilines is 1. The summed E-state index contributed by atoms with van der Waals surface area (Å²) in [4.78, 5) is 23.1. The van der Waals surface area contributed by atoms with Gasteiger partial charge in [0.25, 0.3) is 0 Å². The maximum absolute atomic E-state index is 12.6. The molecule has 1 amide bonds. The van der Waals surface area contributed by atoms with Gasteiger partial charge in [-0.3, -0.25) is 5.32 Å². The largest absolute Gasteiger partial charge is 0.466 e. The fraction of sp³-hybridized carbons (Fsp3) is 0.385. The van der Waals surface area contributed by atoms with E-state index in [-0.39, 0.29) is 10.7 Å². The molecule has 0 radical (unpaired) electrons. The number of carbonyl (C=O) groups excluding carboxylic acids is 2. The monoisotopic (exact) mass is 339 g/mol. The van der Waals surface area contributed by atoms with Crippen molar-refractivity contribution in [1.29, 1.82) is 0 Å². The summed E-state index contributed by atoms with van der Waals surface area (Å²) in [5.41, 5.74) is -2.88. The van der Waals surface area contributed by atoms with E-state index in [0.717, 1.165) is 19.2 Å². The normalized spacial score (nSPS) is 11.8. The van der Waals surface area contributed by atoms with Crippen molar-refractivity contribution in [2.45, 2.75) is 25.6 Å². The molecule has 5 nitrogen and oxygen atoms in total. The summed E-state index contributed by atoms with van der Waals surface area (Å²) in [6.07, 6.45) is -5.73. The molecular formula is C13H13ClF3NO4. The topological polar surface area (TPSA) is 64.6 Å². The molecule has 0 heterocycles. The van der Waals surface area contributed by atoms with Gasteiger partial charge in [0.05, 0.1) is 23.4 Å². The molecule has 0 unspecified atom stereocenters. The molecule has 0 saturated carbocycles. The van der Waals surface area contributed by atoms with Crippen LogP contribution in [0.15, 0.2) is 18.2 Å². The molecule has 0 bridgehead atoms. The Morgan fingerprint density at radius 3 is 2.32 bits per heavy atom. The van der Waals surface area contributed by atoms with Crippen LogP contribution in [0.25, 0.3) is 0 Å². The minimum atomic E-state index is -4.59. The highest BCUT2D eigenvalue weighted by atomic mass is 35.5. The lowest BCUT2D eigenvalue weighted by Gasteiger charge is -2.22. The Morgan fingerprint density at radius 1 is 1.23 bits per heavy atom. The number of ether oxygens (including phenoxy) is 2. The summed E-state index contributed by atoms with van der Waals surface area (Å²) in [6, 6.07) is 2.43. The van der Waals surface area contributed by atoms with E-state index in [1.54, 1.807) is 0 Å². The van der Waals surface area contributed by atoms with Crippen LogP contribution in [0.3, 0.4) is 0 Å². The standard InChI is InChI=1S/C13H13ClF3NO4/c1-12(2,10(19)21-3)22-11(20)18-9-6-7(13(15,16)17)4-5-8(9)14/h4-6H,1-3H3,(H,18,20). The minimum Gasteiger partial charge on any atom is -0.466 e. The highest BCUT2D eigenvalue weighted by Crippen LogP contribution is 2.34. The molecule has 0 fully saturated rings. The Labute approximate surface area is 129 Å². The van der Waals surface area contributed by atoms with Crippen LogP contribution in [0.5, 0.6) is 0 Å². The number of hydrogen-bond donors (Lipinski definition) is 1. The average Bonchev–Trinajstić information content (AvgIpc) is 2.38. The van der Waals surface area contributed by atoms with Crippen molar-refractivity contribution < 1.29 is 32.2 Å². The molecule has 0 saturated heterocycles. The molecule has 0 atom stereocenters. The van der Waals surface area contributed by atoms with E-state index in [2.05, 4.69) is 10.1 Å². The molecule has 1 aromatic carbocycles. The van der Waals surface area contributed by atoms with E-state index in [1.165, 1.54) is 13.8 Å². The van der Waals surface area contributed by atoms with Crippen LogP contribution >= 0.6 is 11.6 Å². The van der Waals surface area contributed by atoms with Gasteiger partial charge in [0, 0.05) is 0 Å². The van der Waals surface area contributed by atoms with E-state index in [1.807, 2.05) is 0 Å². The lowest BCUT2D eigenvalue weighted by atomic mass is 10.1. The van der Waals surface area contributed by atoms with Crippen LogP contribution in [0, 0.1) is 0 Å². The molecule has 0 spiro atoms. The van der Waals surface area contributed by atoms with Gasteiger partial charge in [0.1, 0.15) is 0 Å². The Kier molecular flexibility index (Phi) is 5.29. The summed E-state index contributed by atoms with van der Waals surface area (Å²) in [7, 11) is 1.11. The Bertz CT molecular complexity index is 587. The number of esters is 1. The zero-order chi connectivity index (χ0) is 17.1. The lowest BCUT2D eigenvalue weighted by Crippen LogP contribution is -2.39. The summed E-state index contributed by atoms with van der Waals surface area (Å²) in [6.45, 7) is 2.54. The molecule has 0 aliphatic rings. The first-order chi connectivity index (χ1) is 9.97. The SMILES string of the molecule is COC(=O)C(C)(C)OC(=O)Nc1cc(C(F)(F)F)ccc1Cl. The third-order valence-corrected chi connectivity index (χ3v) is 2.88. The predicted octanol–water partition coefficient (Wildman–Crippen LogP) is 3.86. The van der Waals surface area contributed by atoms with Crippen molar-refractivity contribution in [3.05, 3.63) is 28.8 Å². The summed E-state index contributed by atoms with van der Waals surface area (Å²) in [5, 5.41) is 1.95. The third-order valence-electron chi connectivity index (χ3n) is 2.56. The highest BCUT2D eigenvalue weighted by molar-refractivity contribution is 6.33. The number of carbonyl (C=O) groups is 2. The number of nitrogens with one attached hydrogen (secondary N) is 1. The van der Waals surface area contributed by atoms with Crippen molar-refractivity contribution in [3.8, 4) is 0 Å². The zero-order valence-electron chi connectivity index (χ0n) is 11.9. The number of amides is 1. The molecular weight excluding hydrogens is 327 g/mol. The third kappa shape index (κ3) is 4.52. The second-order valence-electron chi connectivity index (χ2n) is 4.71. The lowest BCUT2D eigenvalue weighted by molar-refractivity contribution is -0.158. The molecule has 1 aromatic rings. The van der Waals surface area contributed by atoms with E-state index in [0.29, 0.717) is 6.07 Å². The molecule has 0 aromatic heterocycles. The number of benzene rings is 1. The first-order valence-electron chi connectivity index (χ1n) is 5.92. The molecule has 0 aliphatic heterocycles. The molecule has 9 heteroatoms. The molecule has 122 valence electrons. The van der Waals surface area contributed by atoms with Gasteiger partial charge >= 0.3 is 18.2 Å². The second kappa shape index (κ2) is 6.43. The van der Waals surface area contributed by atoms with Crippen LogP contribution in [-0.2, 0) is 20.4 Å². The number of halogens is 4. The summed E-state index contributed by atoms with van der Waals surface area (Å²) < 4.78 is 47.1. The fourth-order valence-electron chi connectivity index (χ4n) is 1.45. The Hall–Kier alpha value is -1.96. The second-order valence-corrected chi connectivity index (χ2v) is 5.12. The van der Waals surface area contributed by atoms with Crippen LogP contribution in [0.2, 0.25) is 5.02 Å². The van der Waals surface area contributed by atoms with Gasteiger partial charge in [-0.15, -0.1) is 0 Å². The van der Waals surface area contributed by atoms with Crippen LogP contribution in [0.1, 0.15) is 19.4 Å². The van der Waals surface area contributed by atoms with Crippen LogP contribution in [-0.4, -0.2) is 24.8 Å². The average molecular weight is 340 g/mol. The van der Waals surface area contributed by atoms with Gasteiger partial charge in [-0.05, 0) is 32.0 Å². The van der Waals surface area contributed by atoms with E-state index >= 15 is 0 Å². The van der Waals surface area contributed by atoms with Gasteiger partial charge in [0.2, 0.25) is 5.60 Å². The first-order valence-corrected chi connectivity index (χ1v) is 6.30. The van der Waals surface area contributed by atoms with E-state index in [4.69, 9.17) is 16.3 Å². The number of rotatable bonds is 3. The van der Waals surface area contributed by atoms with Gasteiger partial charge in [-0.25, -0.2) is 9.59 Å².